The van der Waals surface area contributed by atoms with E-state index in [0.29, 0.717) is 33.7 Å². The second kappa shape index (κ2) is 9.79. The van der Waals surface area contributed by atoms with Gasteiger partial charge in [0, 0.05) is 28.4 Å². The SMILES string of the molecule is CC(C)(C)c1ccc(S(=O)(=O)Nc2ccc3[nH]c(C(=O)Nc4ccccn4)c(-c4ccccc4)c3c2)cc1. The average Bonchev–Trinajstić information content (AvgIpc) is 3.28. The molecular weight excluding hydrogens is 496 g/mol. The molecule has 8 heteroatoms. The molecule has 2 heterocycles. The second-order valence-electron chi connectivity index (χ2n) is 10.1. The maximum absolute atomic E-state index is 13.3. The van der Waals surface area contributed by atoms with Gasteiger partial charge < -0.3 is 10.3 Å². The third-order valence-corrected chi connectivity index (χ3v) is 7.67. The number of nitrogens with one attached hydrogen (secondary N) is 3. The lowest BCUT2D eigenvalue weighted by molar-refractivity contribution is 0.102. The minimum Gasteiger partial charge on any atom is -0.350 e. The van der Waals surface area contributed by atoms with E-state index >= 15 is 0 Å². The number of carbonyl (C=O) groups is 1. The molecule has 0 aliphatic carbocycles. The number of pyridine rings is 1. The molecule has 5 rings (SSSR count). The number of fused-ring (bicyclic) bond motifs is 1. The van der Waals surface area contributed by atoms with Crippen molar-refractivity contribution in [1.29, 1.82) is 0 Å². The van der Waals surface area contributed by atoms with Gasteiger partial charge in [0.15, 0.2) is 0 Å². The zero-order valence-corrected chi connectivity index (χ0v) is 22.1. The average molecular weight is 525 g/mol. The van der Waals surface area contributed by atoms with Gasteiger partial charge in [0.2, 0.25) is 0 Å². The first-order chi connectivity index (χ1) is 18.1. The third-order valence-electron chi connectivity index (χ3n) is 6.28. The second-order valence-corrected chi connectivity index (χ2v) is 11.7. The molecule has 1 amide bonds. The Morgan fingerprint density at radius 3 is 2.24 bits per heavy atom. The monoisotopic (exact) mass is 524 g/mol. The standard InChI is InChI=1S/C30H28N4O3S/c1-30(2,3)21-12-15-23(16-13-21)38(36,37)34-22-14-17-25-24(19-22)27(20-9-5-4-6-10-20)28(32-25)29(35)33-26-11-7-8-18-31-26/h4-19,32,34H,1-3H3,(H,31,33,35). The molecule has 7 nitrogen and oxygen atoms in total. The topological polar surface area (TPSA) is 104 Å². The van der Waals surface area contributed by atoms with Crippen molar-refractivity contribution in [2.24, 2.45) is 0 Å². The van der Waals surface area contributed by atoms with E-state index < -0.39 is 10.0 Å². The molecule has 0 unspecified atom stereocenters. The molecular formula is C30H28N4O3S. The highest BCUT2D eigenvalue weighted by Crippen LogP contribution is 2.35. The predicted molar refractivity (Wildman–Crippen MR) is 152 cm³/mol. The molecule has 3 N–H and O–H groups in total. The number of hydrogen-bond donors (Lipinski definition) is 3. The molecule has 38 heavy (non-hydrogen) atoms. The summed E-state index contributed by atoms with van der Waals surface area (Å²) >= 11 is 0. The van der Waals surface area contributed by atoms with Gasteiger partial charge in [0.25, 0.3) is 15.9 Å². The van der Waals surface area contributed by atoms with Crippen LogP contribution in [-0.4, -0.2) is 24.3 Å². The number of hydrogen-bond acceptors (Lipinski definition) is 4. The maximum atomic E-state index is 13.3. The van der Waals surface area contributed by atoms with Gasteiger partial charge in [0.1, 0.15) is 11.5 Å². The molecule has 0 aliphatic heterocycles. The van der Waals surface area contributed by atoms with Crippen LogP contribution in [0.1, 0.15) is 36.8 Å². The van der Waals surface area contributed by atoms with E-state index in [1.54, 1.807) is 54.7 Å². The summed E-state index contributed by atoms with van der Waals surface area (Å²) in [4.78, 5) is 20.8. The quantitative estimate of drug-likeness (QED) is 0.233. The van der Waals surface area contributed by atoms with Crippen molar-refractivity contribution in [1.82, 2.24) is 9.97 Å². The molecule has 0 radical (unpaired) electrons. The molecule has 0 atom stereocenters. The zero-order valence-electron chi connectivity index (χ0n) is 21.3. The first-order valence-electron chi connectivity index (χ1n) is 12.2. The Labute approximate surface area is 222 Å². The molecule has 0 saturated heterocycles. The highest BCUT2D eigenvalue weighted by molar-refractivity contribution is 7.92. The summed E-state index contributed by atoms with van der Waals surface area (Å²) in [6.07, 6.45) is 1.61. The largest absolute Gasteiger partial charge is 0.350 e. The number of aromatic amines is 1. The van der Waals surface area contributed by atoms with Crippen molar-refractivity contribution in [2.45, 2.75) is 31.1 Å². The number of amides is 1. The molecule has 5 aromatic rings. The fraction of sp³-hybridized carbons (Fsp3) is 0.133. The van der Waals surface area contributed by atoms with Crippen LogP contribution in [0.3, 0.4) is 0 Å². The summed E-state index contributed by atoms with van der Waals surface area (Å²) in [5.74, 6) is 0.0842. The van der Waals surface area contributed by atoms with Gasteiger partial charge in [-0.25, -0.2) is 13.4 Å². The number of aromatic nitrogens is 2. The van der Waals surface area contributed by atoms with Crippen LogP contribution in [0.4, 0.5) is 11.5 Å². The number of sulfonamides is 1. The number of nitrogens with zero attached hydrogens (tertiary/aromatic N) is 1. The van der Waals surface area contributed by atoms with Crippen LogP contribution in [0.15, 0.2) is 102 Å². The zero-order chi connectivity index (χ0) is 26.9. The van der Waals surface area contributed by atoms with Crippen molar-refractivity contribution in [3.05, 3.63) is 108 Å². The number of carbonyl (C=O) groups excluding carboxylic acids is 1. The molecule has 0 aliphatic rings. The first-order valence-corrected chi connectivity index (χ1v) is 13.7. The number of rotatable bonds is 6. The molecule has 192 valence electrons. The third kappa shape index (κ3) is 5.17. The summed E-state index contributed by atoms with van der Waals surface area (Å²) < 4.78 is 29.1. The van der Waals surface area contributed by atoms with Gasteiger partial charge >= 0.3 is 0 Å². The lowest BCUT2D eigenvalue weighted by Gasteiger charge is -2.19. The predicted octanol–water partition coefficient (Wildman–Crippen LogP) is 6.58. The summed E-state index contributed by atoms with van der Waals surface area (Å²) in [5.41, 5.74) is 3.91. The Morgan fingerprint density at radius 1 is 0.868 bits per heavy atom. The normalized spacial score (nSPS) is 11.9. The van der Waals surface area contributed by atoms with Crippen LogP contribution in [0.25, 0.3) is 22.0 Å². The fourth-order valence-corrected chi connectivity index (χ4v) is 5.34. The van der Waals surface area contributed by atoms with E-state index in [1.165, 1.54) is 0 Å². The first kappa shape index (κ1) is 25.2. The van der Waals surface area contributed by atoms with Gasteiger partial charge in [-0.15, -0.1) is 0 Å². The van der Waals surface area contributed by atoms with Gasteiger partial charge in [-0.2, -0.15) is 0 Å². The van der Waals surface area contributed by atoms with E-state index in [0.717, 1.165) is 11.1 Å². The lowest BCUT2D eigenvalue weighted by Crippen LogP contribution is -2.14. The van der Waals surface area contributed by atoms with Crippen LogP contribution in [-0.2, 0) is 15.4 Å². The Balaban J connectivity index is 1.53. The molecule has 0 bridgehead atoms. The molecule has 2 aromatic heterocycles. The van der Waals surface area contributed by atoms with Crippen LogP contribution in [0.2, 0.25) is 0 Å². The smallest absolute Gasteiger partial charge is 0.273 e. The van der Waals surface area contributed by atoms with E-state index in [-0.39, 0.29) is 16.2 Å². The number of benzene rings is 3. The van der Waals surface area contributed by atoms with Crippen LogP contribution < -0.4 is 10.0 Å². The van der Waals surface area contributed by atoms with Crippen molar-refractivity contribution in [3.8, 4) is 11.1 Å². The Morgan fingerprint density at radius 2 is 1.58 bits per heavy atom. The maximum Gasteiger partial charge on any atom is 0.273 e. The van der Waals surface area contributed by atoms with Crippen molar-refractivity contribution < 1.29 is 13.2 Å². The van der Waals surface area contributed by atoms with Crippen LogP contribution in [0.5, 0.6) is 0 Å². The Kier molecular flexibility index (Phi) is 6.50. The minimum absolute atomic E-state index is 0.0799. The molecule has 3 aromatic carbocycles. The van der Waals surface area contributed by atoms with E-state index in [2.05, 4.69) is 40.8 Å². The van der Waals surface area contributed by atoms with Crippen molar-refractivity contribution in [3.63, 3.8) is 0 Å². The van der Waals surface area contributed by atoms with Gasteiger partial charge in [-0.1, -0.05) is 69.3 Å². The summed E-state index contributed by atoms with van der Waals surface area (Å²) in [6, 6.07) is 26.9. The van der Waals surface area contributed by atoms with E-state index in [4.69, 9.17) is 0 Å². The molecule has 0 fully saturated rings. The number of H-pyrrole nitrogens is 1. The van der Waals surface area contributed by atoms with Crippen molar-refractivity contribution in [2.75, 3.05) is 10.0 Å². The highest BCUT2D eigenvalue weighted by atomic mass is 32.2. The lowest BCUT2D eigenvalue weighted by atomic mass is 9.87. The van der Waals surface area contributed by atoms with E-state index in [1.807, 2.05) is 42.5 Å². The molecule has 0 saturated carbocycles. The summed E-state index contributed by atoms with van der Waals surface area (Å²) in [7, 11) is -3.82. The number of anilines is 2. The molecule has 0 spiro atoms. The van der Waals surface area contributed by atoms with Gasteiger partial charge in [-0.05, 0) is 59.0 Å². The van der Waals surface area contributed by atoms with Crippen LogP contribution >= 0.6 is 0 Å². The fourth-order valence-electron chi connectivity index (χ4n) is 4.29. The van der Waals surface area contributed by atoms with Crippen LogP contribution in [0, 0.1) is 0 Å². The minimum atomic E-state index is -3.82. The van der Waals surface area contributed by atoms with Gasteiger partial charge in [-0.3, -0.25) is 9.52 Å². The Hall–Kier alpha value is -4.43. The van der Waals surface area contributed by atoms with Gasteiger partial charge in [0.05, 0.1) is 4.90 Å². The van der Waals surface area contributed by atoms with E-state index in [9.17, 15) is 13.2 Å². The summed E-state index contributed by atoms with van der Waals surface area (Å²) in [6.45, 7) is 6.24. The van der Waals surface area contributed by atoms with Crippen molar-refractivity contribution >= 4 is 38.3 Å². The highest BCUT2D eigenvalue weighted by Gasteiger charge is 2.22. The Bertz CT molecular complexity index is 1710. The summed E-state index contributed by atoms with van der Waals surface area (Å²) in [5, 5.41) is 3.54.